The zero-order valence-corrected chi connectivity index (χ0v) is 8.84. The molecule has 0 spiro atoms. The average molecular weight is 223 g/mol. The van der Waals surface area contributed by atoms with Gasteiger partial charge in [0.2, 0.25) is 5.91 Å². The number of carbonyl (C=O) groups excluding carboxylic acids is 1. The number of hydrogen-bond donors (Lipinski definition) is 2. The Bertz CT molecular complexity index is 364. The molecule has 0 bridgehead atoms. The zero-order chi connectivity index (χ0) is 12.0. The highest BCUT2D eigenvalue weighted by Gasteiger charge is 2.12. The van der Waals surface area contributed by atoms with E-state index < -0.39 is 12.1 Å². The molecule has 0 heterocycles. The van der Waals surface area contributed by atoms with Crippen molar-refractivity contribution in [2.24, 2.45) is 0 Å². The standard InChI is InChI=1S/C11H13NO4/c1-8(11(14)15)16-7-10(13)12-9-5-3-2-4-6-9/h2-6,8H,7H2,1H3,(H,12,13)(H,14,15). The maximum Gasteiger partial charge on any atom is 0.332 e. The molecule has 1 rings (SSSR count). The molecule has 5 nitrogen and oxygen atoms in total. The third-order valence-electron chi connectivity index (χ3n) is 1.87. The molecule has 0 fully saturated rings. The molecule has 86 valence electrons. The van der Waals surface area contributed by atoms with Crippen molar-refractivity contribution in [1.82, 2.24) is 0 Å². The van der Waals surface area contributed by atoms with Crippen LogP contribution in [0.1, 0.15) is 6.92 Å². The number of amides is 1. The van der Waals surface area contributed by atoms with Crippen LogP contribution in [0.25, 0.3) is 0 Å². The van der Waals surface area contributed by atoms with E-state index in [2.05, 4.69) is 5.32 Å². The topological polar surface area (TPSA) is 75.6 Å². The lowest BCUT2D eigenvalue weighted by atomic mass is 10.3. The molecule has 2 N–H and O–H groups in total. The second-order valence-electron chi connectivity index (χ2n) is 3.21. The zero-order valence-electron chi connectivity index (χ0n) is 8.84. The molecule has 1 unspecified atom stereocenters. The van der Waals surface area contributed by atoms with E-state index in [1.54, 1.807) is 24.3 Å². The summed E-state index contributed by atoms with van der Waals surface area (Å²) in [5, 5.41) is 11.1. The molecule has 0 aliphatic heterocycles. The number of anilines is 1. The Morgan fingerprint density at radius 3 is 2.56 bits per heavy atom. The number of benzene rings is 1. The monoisotopic (exact) mass is 223 g/mol. The van der Waals surface area contributed by atoms with E-state index in [4.69, 9.17) is 9.84 Å². The third kappa shape index (κ3) is 4.10. The quantitative estimate of drug-likeness (QED) is 0.784. The van der Waals surface area contributed by atoms with Gasteiger partial charge in [0, 0.05) is 5.69 Å². The number of rotatable bonds is 5. The lowest BCUT2D eigenvalue weighted by Crippen LogP contribution is -2.26. The Hall–Kier alpha value is -1.88. The number of carboxylic acids is 1. The minimum atomic E-state index is -1.09. The molecular formula is C11H13NO4. The van der Waals surface area contributed by atoms with Crippen molar-refractivity contribution in [3.8, 4) is 0 Å². The molecule has 1 aromatic carbocycles. The van der Waals surface area contributed by atoms with Crippen LogP contribution in [0.5, 0.6) is 0 Å². The van der Waals surface area contributed by atoms with Crippen molar-refractivity contribution in [1.29, 1.82) is 0 Å². The highest BCUT2D eigenvalue weighted by Crippen LogP contribution is 2.04. The van der Waals surface area contributed by atoms with Crippen LogP contribution in [-0.2, 0) is 14.3 Å². The number of ether oxygens (including phenoxy) is 1. The third-order valence-corrected chi connectivity index (χ3v) is 1.87. The number of carboxylic acid groups (broad SMARTS) is 1. The van der Waals surface area contributed by atoms with Gasteiger partial charge < -0.3 is 15.2 Å². The van der Waals surface area contributed by atoms with Gasteiger partial charge in [0.05, 0.1) is 0 Å². The van der Waals surface area contributed by atoms with Crippen LogP contribution in [0.4, 0.5) is 5.69 Å². The SMILES string of the molecule is CC(OCC(=O)Nc1ccccc1)C(=O)O. The van der Waals surface area contributed by atoms with E-state index in [1.807, 2.05) is 6.07 Å². The van der Waals surface area contributed by atoms with Crippen LogP contribution in [-0.4, -0.2) is 29.7 Å². The van der Waals surface area contributed by atoms with Crippen LogP contribution in [0.2, 0.25) is 0 Å². The minimum Gasteiger partial charge on any atom is -0.479 e. The average Bonchev–Trinajstić information content (AvgIpc) is 2.27. The fourth-order valence-corrected chi connectivity index (χ4v) is 0.991. The van der Waals surface area contributed by atoms with Crippen LogP contribution in [0, 0.1) is 0 Å². The summed E-state index contributed by atoms with van der Waals surface area (Å²) in [4.78, 5) is 21.7. The second-order valence-corrected chi connectivity index (χ2v) is 3.21. The van der Waals surface area contributed by atoms with Gasteiger partial charge in [0.1, 0.15) is 6.61 Å². The number of aliphatic carboxylic acids is 1. The summed E-state index contributed by atoms with van der Waals surface area (Å²) in [5.74, 6) is -1.47. The summed E-state index contributed by atoms with van der Waals surface area (Å²) >= 11 is 0. The van der Waals surface area contributed by atoms with Gasteiger partial charge in [-0.1, -0.05) is 18.2 Å². The van der Waals surface area contributed by atoms with Crippen molar-refractivity contribution in [3.63, 3.8) is 0 Å². The number of nitrogens with one attached hydrogen (secondary N) is 1. The normalized spacial score (nSPS) is 11.8. The highest BCUT2D eigenvalue weighted by molar-refractivity contribution is 5.91. The van der Waals surface area contributed by atoms with E-state index in [9.17, 15) is 9.59 Å². The number of hydrogen-bond acceptors (Lipinski definition) is 3. The predicted octanol–water partition coefficient (Wildman–Crippen LogP) is 1.11. The first-order valence-corrected chi connectivity index (χ1v) is 4.79. The van der Waals surface area contributed by atoms with Crippen LogP contribution in [0.15, 0.2) is 30.3 Å². The number of para-hydroxylation sites is 1. The van der Waals surface area contributed by atoms with E-state index >= 15 is 0 Å². The van der Waals surface area contributed by atoms with Gasteiger partial charge >= 0.3 is 5.97 Å². The summed E-state index contributed by atoms with van der Waals surface area (Å²) in [7, 11) is 0. The second kappa shape index (κ2) is 5.87. The lowest BCUT2D eigenvalue weighted by molar-refractivity contribution is -0.150. The summed E-state index contributed by atoms with van der Waals surface area (Å²) in [6.07, 6.45) is -0.985. The lowest BCUT2D eigenvalue weighted by Gasteiger charge is -2.08. The Kier molecular flexibility index (Phi) is 4.47. The Morgan fingerprint density at radius 1 is 1.38 bits per heavy atom. The molecule has 0 radical (unpaired) electrons. The Morgan fingerprint density at radius 2 is 2.00 bits per heavy atom. The van der Waals surface area contributed by atoms with E-state index in [-0.39, 0.29) is 12.5 Å². The van der Waals surface area contributed by atoms with Crippen molar-refractivity contribution in [2.45, 2.75) is 13.0 Å². The van der Waals surface area contributed by atoms with Gasteiger partial charge in [-0.3, -0.25) is 4.79 Å². The molecule has 0 aliphatic carbocycles. The van der Waals surface area contributed by atoms with E-state index in [0.29, 0.717) is 5.69 Å². The molecule has 0 saturated carbocycles. The van der Waals surface area contributed by atoms with Crippen molar-refractivity contribution in [3.05, 3.63) is 30.3 Å². The highest BCUT2D eigenvalue weighted by atomic mass is 16.5. The molecule has 16 heavy (non-hydrogen) atoms. The van der Waals surface area contributed by atoms with E-state index in [0.717, 1.165) is 0 Å². The molecule has 1 amide bonds. The van der Waals surface area contributed by atoms with Crippen LogP contribution in [0.3, 0.4) is 0 Å². The first-order valence-electron chi connectivity index (χ1n) is 4.79. The van der Waals surface area contributed by atoms with Crippen molar-refractivity contribution < 1.29 is 19.4 Å². The fourth-order valence-electron chi connectivity index (χ4n) is 0.991. The van der Waals surface area contributed by atoms with Crippen molar-refractivity contribution in [2.75, 3.05) is 11.9 Å². The Labute approximate surface area is 93.0 Å². The molecule has 0 aromatic heterocycles. The van der Waals surface area contributed by atoms with Crippen LogP contribution >= 0.6 is 0 Å². The summed E-state index contributed by atoms with van der Waals surface area (Å²) in [6.45, 7) is 1.10. The van der Waals surface area contributed by atoms with Gasteiger partial charge in [0.25, 0.3) is 0 Å². The summed E-state index contributed by atoms with van der Waals surface area (Å²) in [5.41, 5.74) is 0.652. The van der Waals surface area contributed by atoms with Crippen LogP contribution < -0.4 is 5.32 Å². The first kappa shape index (κ1) is 12.2. The molecule has 0 aliphatic rings. The fraction of sp³-hybridized carbons (Fsp3) is 0.273. The maximum atomic E-state index is 11.3. The van der Waals surface area contributed by atoms with E-state index in [1.165, 1.54) is 6.92 Å². The first-order chi connectivity index (χ1) is 7.59. The minimum absolute atomic E-state index is 0.275. The largest absolute Gasteiger partial charge is 0.479 e. The molecule has 0 saturated heterocycles. The smallest absolute Gasteiger partial charge is 0.332 e. The molecular weight excluding hydrogens is 210 g/mol. The van der Waals surface area contributed by atoms with Gasteiger partial charge in [-0.25, -0.2) is 4.79 Å². The summed E-state index contributed by atoms with van der Waals surface area (Å²) in [6, 6.07) is 8.88. The maximum absolute atomic E-state index is 11.3. The van der Waals surface area contributed by atoms with Gasteiger partial charge in [0.15, 0.2) is 6.10 Å². The van der Waals surface area contributed by atoms with Gasteiger partial charge in [-0.15, -0.1) is 0 Å². The summed E-state index contributed by atoms with van der Waals surface area (Å²) < 4.78 is 4.83. The Balaban J connectivity index is 2.35. The molecule has 5 heteroatoms. The number of carbonyl (C=O) groups is 2. The van der Waals surface area contributed by atoms with Gasteiger partial charge in [-0.05, 0) is 19.1 Å². The van der Waals surface area contributed by atoms with Gasteiger partial charge in [-0.2, -0.15) is 0 Å². The molecule has 1 aromatic rings. The predicted molar refractivity (Wildman–Crippen MR) is 58.1 cm³/mol. The molecule has 1 atom stereocenters. The van der Waals surface area contributed by atoms with Crippen molar-refractivity contribution >= 4 is 17.6 Å².